The monoisotopic (exact) mass is 265 g/mol. The van der Waals surface area contributed by atoms with Gasteiger partial charge in [0, 0.05) is 19.1 Å². The number of piperidine rings is 1. The van der Waals surface area contributed by atoms with Crippen molar-refractivity contribution in [3.8, 4) is 0 Å². The lowest BCUT2D eigenvalue weighted by molar-refractivity contribution is 0.0944. The molecule has 3 heterocycles. The molecule has 0 aliphatic carbocycles. The van der Waals surface area contributed by atoms with Crippen LogP contribution in [0.2, 0.25) is 0 Å². The average Bonchev–Trinajstić information content (AvgIpc) is 2.80. The van der Waals surface area contributed by atoms with Crippen LogP contribution in [0.25, 0.3) is 0 Å². The van der Waals surface area contributed by atoms with E-state index in [0.29, 0.717) is 0 Å². The van der Waals surface area contributed by atoms with E-state index in [-0.39, 0.29) is 0 Å². The van der Waals surface area contributed by atoms with Crippen molar-refractivity contribution in [1.82, 2.24) is 15.1 Å². The summed E-state index contributed by atoms with van der Waals surface area (Å²) < 4.78 is 0. The lowest BCUT2D eigenvalue weighted by Crippen LogP contribution is -2.54. The number of rotatable bonds is 3. The second-order valence-electron chi connectivity index (χ2n) is 6.78. The molecule has 3 fully saturated rings. The Labute approximate surface area is 118 Å². The minimum absolute atomic E-state index is 0.812. The summed E-state index contributed by atoms with van der Waals surface area (Å²) in [4.78, 5) is 5.54. The molecule has 110 valence electrons. The van der Waals surface area contributed by atoms with Gasteiger partial charge in [0.1, 0.15) is 0 Å². The van der Waals surface area contributed by atoms with Crippen LogP contribution in [0, 0.1) is 5.92 Å². The van der Waals surface area contributed by atoms with E-state index in [9.17, 15) is 0 Å². The topological polar surface area (TPSA) is 18.5 Å². The summed E-state index contributed by atoms with van der Waals surface area (Å²) >= 11 is 0. The van der Waals surface area contributed by atoms with Gasteiger partial charge in [-0.05, 0) is 70.7 Å². The van der Waals surface area contributed by atoms with Crippen molar-refractivity contribution in [3.05, 3.63) is 0 Å². The maximum atomic E-state index is 3.65. The Hall–Kier alpha value is -0.120. The molecule has 19 heavy (non-hydrogen) atoms. The second kappa shape index (κ2) is 7.05. The van der Waals surface area contributed by atoms with Gasteiger partial charge in [-0.2, -0.15) is 0 Å². The van der Waals surface area contributed by atoms with E-state index in [0.717, 1.165) is 12.0 Å². The summed E-state index contributed by atoms with van der Waals surface area (Å²) in [6, 6.07) is 0.812. The van der Waals surface area contributed by atoms with E-state index in [1.165, 1.54) is 90.8 Å². The van der Waals surface area contributed by atoms with Gasteiger partial charge < -0.3 is 10.2 Å². The molecule has 0 aromatic carbocycles. The minimum Gasteiger partial charge on any atom is -0.315 e. The molecule has 3 nitrogen and oxygen atoms in total. The zero-order chi connectivity index (χ0) is 12.9. The van der Waals surface area contributed by atoms with E-state index in [4.69, 9.17) is 0 Å². The van der Waals surface area contributed by atoms with Crippen molar-refractivity contribution < 1.29 is 0 Å². The molecule has 2 atom stereocenters. The lowest BCUT2D eigenvalue weighted by Gasteiger charge is -2.41. The van der Waals surface area contributed by atoms with Gasteiger partial charge in [0.2, 0.25) is 0 Å². The van der Waals surface area contributed by atoms with Crippen molar-refractivity contribution in [2.45, 2.75) is 51.0 Å². The standard InChI is InChI=1S/C16H31N3/c1-2-4-12-19(11-3-1)16-13-17-8-7-15(16)14-18-9-5-6-10-18/h15-17H,1-14H2. The molecule has 3 rings (SSSR count). The molecule has 3 saturated heterocycles. The highest BCUT2D eigenvalue weighted by Crippen LogP contribution is 2.24. The van der Waals surface area contributed by atoms with Crippen molar-refractivity contribution in [1.29, 1.82) is 0 Å². The van der Waals surface area contributed by atoms with Gasteiger partial charge in [-0.1, -0.05) is 12.8 Å². The van der Waals surface area contributed by atoms with Crippen LogP contribution in [0.3, 0.4) is 0 Å². The fourth-order valence-corrected chi connectivity index (χ4v) is 4.26. The van der Waals surface area contributed by atoms with Crippen molar-refractivity contribution in [3.63, 3.8) is 0 Å². The Balaban J connectivity index is 1.58. The molecule has 3 heteroatoms. The van der Waals surface area contributed by atoms with E-state index in [1.807, 2.05) is 0 Å². The third-order valence-corrected chi connectivity index (χ3v) is 5.39. The predicted octanol–water partition coefficient (Wildman–Crippen LogP) is 1.94. The summed E-state index contributed by atoms with van der Waals surface area (Å²) in [7, 11) is 0. The van der Waals surface area contributed by atoms with E-state index >= 15 is 0 Å². The Kier molecular flexibility index (Phi) is 5.14. The molecule has 2 unspecified atom stereocenters. The molecule has 0 radical (unpaired) electrons. The van der Waals surface area contributed by atoms with E-state index in [1.54, 1.807) is 0 Å². The molecule has 0 spiro atoms. The van der Waals surface area contributed by atoms with Gasteiger partial charge >= 0.3 is 0 Å². The molecular weight excluding hydrogens is 234 g/mol. The molecule has 0 aromatic heterocycles. The van der Waals surface area contributed by atoms with Gasteiger partial charge in [0.25, 0.3) is 0 Å². The molecular formula is C16H31N3. The maximum Gasteiger partial charge on any atom is 0.0261 e. The first-order valence-electron chi connectivity index (χ1n) is 8.60. The van der Waals surface area contributed by atoms with Crippen LogP contribution in [0.15, 0.2) is 0 Å². The van der Waals surface area contributed by atoms with Crippen LogP contribution in [-0.4, -0.2) is 61.7 Å². The van der Waals surface area contributed by atoms with E-state index in [2.05, 4.69) is 15.1 Å². The SMILES string of the molecule is C1CCCN(C2CNCCC2CN2CCCC2)CC1. The van der Waals surface area contributed by atoms with Crippen LogP contribution >= 0.6 is 0 Å². The number of nitrogens with one attached hydrogen (secondary N) is 1. The molecule has 0 bridgehead atoms. The fourth-order valence-electron chi connectivity index (χ4n) is 4.26. The molecule has 3 aliphatic rings. The number of hydrogen-bond acceptors (Lipinski definition) is 3. The molecule has 0 aromatic rings. The van der Waals surface area contributed by atoms with Crippen LogP contribution < -0.4 is 5.32 Å². The van der Waals surface area contributed by atoms with Gasteiger partial charge in [-0.15, -0.1) is 0 Å². The normalized spacial score (nSPS) is 35.4. The first-order valence-corrected chi connectivity index (χ1v) is 8.60. The highest BCUT2D eigenvalue weighted by Gasteiger charge is 2.31. The smallest absolute Gasteiger partial charge is 0.0261 e. The zero-order valence-electron chi connectivity index (χ0n) is 12.4. The summed E-state index contributed by atoms with van der Waals surface area (Å²) in [5.41, 5.74) is 0. The quantitative estimate of drug-likeness (QED) is 0.841. The fraction of sp³-hybridized carbons (Fsp3) is 1.00. The molecule has 3 aliphatic heterocycles. The third-order valence-electron chi connectivity index (χ3n) is 5.39. The highest BCUT2D eigenvalue weighted by molar-refractivity contribution is 4.88. The zero-order valence-corrected chi connectivity index (χ0v) is 12.4. The third kappa shape index (κ3) is 3.71. The Bertz CT molecular complexity index is 255. The summed E-state index contributed by atoms with van der Waals surface area (Å²) in [5.74, 6) is 0.914. The van der Waals surface area contributed by atoms with Crippen molar-refractivity contribution in [2.24, 2.45) is 5.92 Å². The largest absolute Gasteiger partial charge is 0.315 e. The van der Waals surface area contributed by atoms with Gasteiger partial charge in [-0.25, -0.2) is 0 Å². The minimum atomic E-state index is 0.812. The Morgan fingerprint density at radius 3 is 2.26 bits per heavy atom. The molecule has 0 amide bonds. The maximum absolute atomic E-state index is 3.65. The Morgan fingerprint density at radius 2 is 1.53 bits per heavy atom. The van der Waals surface area contributed by atoms with Crippen molar-refractivity contribution in [2.75, 3.05) is 45.8 Å². The van der Waals surface area contributed by atoms with Crippen molar-refractivity contribution >= 4 is 0 Å². The van der Waals surface area contributed by atoms with Gasteiger partial charge in [0.15, 0.2) is 0 Å². The molecule has 0 saturated carbocycles. The summed E-state index contributed by atoms with van der Waals surface area (Å²) in [5, 5.41) is 3.65. The number of likely N-dealkylation sites (tertiary alicyclic amines) is 2. The lowest BCUT2D eigenvalue weighted by atomic mass is 9.90. The van der Waals surface area contributed by atoms with E-state index < -0.39 is 0 Å². The van der Waals surface area contributed by atoms with Crippen LogP contribution in [0.1, 0.15) is 44.9 Å². The predicted molar refractivity (Wildman–Crippen MR) is 80.5 cm³/mol. The Morgan fingerprint density at radius 1 is 0.842 bits per heavy atom. The van der Waals surface area contributed by atoms with Gasteiger partial charge in [0.05, 0.1) is 0 Å². The van der Waals surface area contributed by atoms with Crippen LogP contribution in [0.5, 0.6) is 0 Å². The van der Waals surface area contributed by atoms with Crippen LogP contribution in [-0.2, 0) is 0 Å². The second-order valence-corrected chi connectivity index (χ2v) is 6.78. The van der Waals surface area contributed by atoms with Gasteiger partial charge in [-0.3, -0.25) is 4.90 Å². The summed E-state index contributed by atoms with van der Waals surface area (Å²) in [6.45, 7) is 9.25. The highest BCUT2D eigenvalue weighted by atomic mass is 15.2. The number of nitrogens with zero attached hydrogens (tertiary/aromatic N) is 2. The summed E-state index contributed by atoms with van der Waals surface area (Å²) in [6.07, 6.45) is 10.00. The number of hydrogen-bond donors (Lipinski definition) is 1. The first-order chi connectivity index (χ1) is 9.43. The average molecular weight is 265 g/mol. The van der Waals surface area contributed by atoms with Crippen LogP contribution in [0.4, 0.5) is 0 Å². The first kappa shape index (κ1) is 13.8. The molecule has 1 N–H and O–H groups in total.